The molecule has 158 valence electrons. The fourth-order valence-electron chi connectivity index (χ4n) is 3.77. The molecule has 0 aliphatic carbocycles. The summed E-state index contributed by atoms with van der Waals surface area (Å²) in [5, 5.41) is 29.9. The lowest BCUT2D eigenvalue weighted by Gasteiger charge is -2.15. The number of aliphatic hydroxyl groups excluding tert-OH is 2. The summed E-state index contributed by atoms with van der Waals surface area (Å²) in [6, 6.07) is 14.4. The van der Waals surface area contributed by atoms with Gasteiger partial charge in [-0.2, -0.15) is 0 Å². The van der Waals surface area contributed by atoms with E-state index >= 15 is 0 Å². The standard InChI is InChI=1S/C24H26FNO4/c1-15(2)26-21-6-4-3-5-20(21)24(16-7-9-17(25)10-8-16)22(26)12-11-18(27)13-19(28)14-23(29)30/h3-12,15,18-19,27-28H,13-14H2,1-2H3,(H,29,30)/b12-11+/t18?,19-/m0/s1. The van der Waals surface area contributed by atoms with Gasteiger partial charge in [0.1, 0.15) is 5.82 Å². The average Bonchev–Trinajstić information content (AvgIpc) is 3.00. The lowest BCUT2D eigenvalue weighted by molar-refractivity contribution is -0.139. The van der Waals surface area contributed by atoms with Gasteiger partial charge in [-0.1, -0.05) is 36.4 Å². The van der Waals surface area contributed by atoms with Gasteiger partial charge in [0.2, 0.25) is 0 Å². The van der Waals surface area contributed by atoms with E-state index in [9.17, 15) is 19.4 Å². The zero-order valence-corrected chi connectivity index (χ0v) is 17.0. The fourth-order valence-corrected chi connectivity index (χ4v) is 3.77. The summed E-state index contributed by atoms with van der Waals surface area (Å²) in [7, 11) is 0. The second kappa shape index (κ2) is 9.24. The van der Waals surface area contributed by atoms with Gasteiger partial charge in [-0.3, -0.25) is 4.79 Å². The minimum absolute atomic E-state index is 0.0728. The molecule has 0 fully saturated rings. The Kier molecular flexibility index (Phi) is 6.70. The zero-order valence-electron chi connectivity index (χ0n) is 17.0. The number of carboxylic acid groups (broad SMARTS) is 1. The molecule has 6 heteroatoms. The van der Waals surface area contributed by atoms with Crippen LogP contribution in [-0.2, 0) is 4.79 Å². The molecule has 3 rings (SSSR count). The maximum atomic E-state index is 13.5. The summed E-state index contributed by atoms with van der Waals surface area (Å²) in [6.07, 6.45) is 0.727. The van der Waals surface area contributed by atoms with Crippen molar-refractivity contribution in [2.45, 2.75) is 44.9 Å². The van der Waals surface area contributed by atoms with Crippen LogP contribution in [0, 0.1) is 5.82 Å². The first-order valence-electron chi connectivity index (χ1n) is 9.93. The van der Waals surface area contributed by atoms with Crippen LogP contribution in [0.3, 0.4) is 0 Å². The minimum atomic E-state index is -1.13. The van der Waals surface area contributed by atoms with Crippen LogP contribution in [0.5, 0.6) is 0 Å². The van der Waals surface area contributed by atoms with E-state index in [4.69, 9.17) is 5.11 Å². The molecule has 5 nitrogen and oxygen atoms in total. The van der Waals surface area contributed by atoms with Crippen LogP contribution < -0.4 is 0 Å². The largest absolute Gasteiger partial charge is 0.481 e. The topological polar surface area (TPSA) is 82.7 Å². The van der Waals surface area contributed by atoms with Crippen LogP contribution in [0.2, 0.25) is 0 Å². The van der Waals surface area contributed by atoms with Gasteiger partial charge in [0.25, 0.3) is 0 Å². The van der Waals surface area contributed by atoms with Crippen LogP contribution in [0.15, 0.2) is 54.6 Å². The molecule has 3 aromatic rings. The van der Waals surface area contributed by atoms with Crippen molar-refractivity contribution in [2.75, 3.05) is 0 Å². The monoisotopic (exact) mass is 411 g/mol. The van der Waals surface area contributed by atoms with E-state index in [2.05, 4.69) is 18.4 Å². The smallest absolute Gasteiger partial charge is 0.305 e. The highest BCUT2D eigenvalue weighted by Gasteiger charge is 2.19. The highest BCUT2D eigenvalue weighted by molar-refractivity contribution is 6.01. The number of carboxylic acids is 1. The second-order valence-electron chi connectivity index (χ2n) is 7.66. The van der Waals surface area contributed by atoms with Gasteiger partial charge in [0, 0.05) is 34.6 Å². The lowest BCUT2D eigenvalue weighted by atomic mass is 10.0. The van der Waals surface area contributed by atoms with Gasteiger partial charge in [0.05, 0.1) is 18.6 Å². The van der Waals surface area contributed by atoms with Gasteiger partial charge in [-0.15, -0.1) is 0 Å². The number of aliphatic hydroxyl groups is 2. The molecular formula is C24H26FNO4. The Bertz CT molecular complexity index is 1050. The van der Waals surface area contributed by atoms with E-state index in [0.717, 1.165) is 27.7 Å². The molecule has 0 bridgehead atoms. The van der Waals surface area contributed by atoms with Gasteiger partial charge < -0.3 is 19.9 Å². The summed E-state index contributed by atoms with van der Waals surface area (Å²) in [4.78, 5) is 10.7. The summed E-state index contributed by atoms with van der Waals surface area (Å²) >= 11 is 0. The van der Waals surface area contributed by atoms with E-state index in [-0.39, 0.29) is 18.3 Å². The first kappa shape index (κ1) is 21.7. The number of carbonyl (C=O) groups is 1. The van der Waals surface area contributed by atoms with Crippen LogP contribution in [0.1, 0.15) is 38.4 Å². The molecular weight excluding hydrogens is 385 g/mol. The van der Waals surface area contributed by atoms with Crippen molar-refractivity contribution in [3.8, 4) is 11.1 Å². The number of fused-ring (bicyclic) bond motifs is 1. The molecule has 1 unspecified atom stereocenters. The predicted octanol–water partition coefficient (Wildman–Crippen LogP) is 4.63. The predicted molar refractivity (Wildman–Crippen MR) is 116 cm³/mol. The SMILES string of the molecule is CC(C)n1c(/C=C/C(O)C[C@H](O)CC(=O)O)c(-c2ccc(F)cc2)c2ccccc21. The third kappa shape index (κ3) is 4.78. The normalized spacial score (nSPS) is 13.9. The van der Waals surface area contributed by atoms with Gasteiger partial charge >= 0.3 is 5.97 Å². The highest BCUT2D eigenvalue weighted by atomic mass is 19.1. The molecule has 2 aromatic carbocycles. The molecule has 0 saturated carbocycles. The van der Waals surface area contributed by atoms with Crippen LogP contribution in [-0.4, -0.2) is 38.1 Å². The Morgan fingerprint density at radius 3 is 2.40 bits per heavy atom. The van der Waals surface area contributed by atoms with Crippen molar-refractivity contribution in [3.05, 3.63) is 66.1 Å². The Balaban J connectivity index is 2.08. The molecule has 0 amide bonds. The Labute approximate surface area is 174 Å². The van der Waals surface area contributed by atoms with Crippen molar-refractivity contribution in [1.29, 1.82) is 0 Å². The molecule has 30 heavy (non-hydrogen) atoms. The molecule has 0 aliphatic heterocycles. The summed E-state index contributed by atoms with van der Waals surface area (Å²) in [5.74, 6) is -1.43. The zero-order chi connectivity index (χ0) is 21.8. The third-order valence-electron chi connectivity index (χ3n) is 5.00. The van der Waals surface area contributed by atoms with Crippen LogP contribution >= 0.6 is 0 Å². The van der Waals surface area contributed by atoms with Crippen molar-refractivity contribution in [1.82, 2.24) is 4.57 Å². The molecule has 1 aromatic heterocycles. The van der Waals surface area contributed by atoms with Gasteiger partial charge in [-0.05, 0) is 43.7 Å². The number of nitrogens with zero attached hydrogens (tertiary/aromatic N) is 1. The molecule has 0 aliphatic rings. The third-order valence-corrected chi connectivity index (χ3v) is 5.00. The quantitative estimate of drug-likeness (QED) is 0.505. The van der Waals surface area contributed by atoms with E-state index in [1.807, 2.05) is 24.3 Å². The summed E-state index contributed by atoms with van der Waals surface area (Å²) < 4.78 is 15.6. The molecule has 1 heterocycles. The molecule has 2 atom stereocenters. The van der Waals surface area contributed by atoms with Crippen LogP contribution in [0.25, 0.3) is 28.1 Å². The average molecular weight is 411 g/mol. The van der Waals surface area contributed by atoms with Gasteiger partial charge in [-0.25, -0.2) is 4.39 Å². The van der Waals surface area contributed by atoms with E-state index < -0.39 is 24.6 Å². The number of aromatic nitrogens is 1. The Morgan fingerprint density at radius 1 is 1.10 bits per heavy atom. The van der Waals surface area contributed by atoms with E-state index in [1.54, 1.807) is 24.3 Å². The molecule has 0 radical (unpaired) electrons. The van der Waals surface area contributed by atoms with E-state index in [0.29, 0.717) is 0 Å². The number of benzene rings is 2. The first-order chi connectivity index (χ1) is 14.3. The number of aliphatic carboxylic acids is 1. The maximum Gasteiger partial charge on any atom is 0.305 e. The van der Waals surface area contributed by atoms with Crippen molar-refractivity contribution < 1.29 is 24.5 Å². The maximum absolute atomic E-state index is 13.5. The Morgan fingerprint density at radius 2 is 1.77 bits per heavy atom. The fraction of sp³-hybridized carbons (Fsp3) is 0.292. The number of hydrogen-bond acceptors (Lipinski definition) is 3. The summed E-state index contributed by atoms with van der Waals surface area (Å²) in [5.41, 5.74) is 3.65. The van der Waals surface area contributed by atoms with Crippen LogP contribution in [0.4, 0.5) is 4.39 Å². The Hall–Kier alpha value is -2.96. The van der Waals surface area contributed by atoms with Crippen molar-refractivity contribution >= 4 is 22.9 Å². The van der Waals surface area contributed by atoms with E-state index in [1.165, 1.54) is 12.1 Å². The highest BCUT2D eigenvalue weighted by Crippen LogP contribution is 2.38. The number of rotatable bonds is 8. The first-order valence-corrected chi connectivity index (χ1v) is 9.93. The van der Waals surface area contributed by atoms with Crippen molar-refractivity contribution in [3.63, 3.8) is 0 Å². The molecule has 3 N–H and O–H groups in total. The minimum Gasteiger partial charge on any atom is -0.481 e. The lowest BCUT2D eigenvalue weighted by Crippen LogP contribution is -2.19. The molecule has 0 spiro atoms. The summed E-state index contributed by atoms with van der Waals surface area (Å²) in [6.45, 7) is 4.12. The van der Waals surface area contributed by atoms with Crippen molar-refractivity contribution in [2.24, 2.45) is 0 Å². The number of halogens is 1. The number of hydrogen-bond donors (Lipinski definition) is 3. The number of para-hydroxylation sites is 1. The van der Waals surface area contributed by atoms with Gasteiger partial charge in [0.15, 0.2) is 0 Å². The molecule has 0 saturated heterocycles. The second-order valence-corrected chi connectivity index (χ2v) is 7.66.